The van der Waals surface area contributed by atoms with E-state index in [1.807, 2.05) is 61.7 Å². The highest BCUT2D eigenvalue weighted by Crippen LogP contribution is 2.31. The Morgan fingerprint density at radius 1 is 1.17 bits per heavy atom. The van der Waals surface area contributed by atoms with E-state index in [1.54, 1.807) is 0 Å². The Morgan fingerprint density at radius 2 is 1.88 bits per heavy atom. The molecule has 3 aromatic rings. The summed E-state index contributed by atoms with van der Waals surface area (Å²) in [5, 5.41) is 9.71. The van der Waals surface area contributed by atoms with Crippen LogP contribution < -0.4 is 0 Å². The van der Waals surface area contributed by atoms with Crippen molar-refractivity contribution in [3.05, 3.63) is 53.1 Å². The van der Waals surface area contributed by atoms with E-state index in [0.29, 0.717) is 12.2 Å². The van der Waals surface area contributed by atoms with Crippen LogP contribution in [-0.4, -0.2) is 20.6 Å². The summed E-state index contributed by atoms with van der Waals surface area (Å²) in [6.07, 6.45) is 0.506. The molecule has 4 nitrogen and oxygen atoms in total. The molecule has 0 aliphatic carbocycles. The molecule has 0 saturated carbocycles. The highest BCUT2D eigenvalue weighted by atomic mass is 16.4. The summed E-state index contributed by atoms with van der Waals surface area (Å²) in [6, 6.07) is 11.5. The molecule has 1 aromatic heterocycles. The first-order valence-corrected chi connectivity index (χ1v) is 8.21. The summed E-state index contributed by atoms with van der Waals surface area (Å²) in [5.41, 5.74) is 6.09. The second-order valence-corrected chi connectivity index (χ2v) is 6.36. The average molecular weight is 322 g/mol. The third-order valence-electron chi connectivity index (χ3n) is 4.56. The fourth-order valence-electron chi connectivity index (χ4n) is 3.12. The summed E-state index contributed by atoms with van der Waals surface area (Å²) in [7, 11) is 0. The standard InChI is InChI=1S/C20H22N2O2/c1-5-17(20(23)24)22-18-11-14(4)13(3)10-16(18)21-19(22)15-8-6-7-12(2)9-15/h6-11,17H,5H2,1-4H3,(H,23,24). The smallest absolute Gasteiger partial charge is 0.326 e. The number of nitrogens with zero attached hydrogens (tertiary/aromatic N) is 2. The molecule has 0 saturated heterocycles. The Kier molecular flexibility index (Phi) is 4.14. The summed E-state index contributed by atoms with van der Waals surface area (Å²) >= 11 is 0. The van der Waals surface area contributed by atoms with Crippen molar-refractivity contribution in [1.29, 1.82) is 0 Å². The van der Waals surface area contributed by atoms with Gasteiger partial charge < -0.3 is 9.67 Å². The molecule has 1 unspecified atom stereocenters. The molecule has 0 bridgehead atoms. The molecule has 1 heterocycles. The number of hydrogen-bond donors (Lipinski definition) is 1. The molecule has 0 amide bonds. The fourth-order valence-corrected chi connectivity index (χ4v) is 3.12. The molecule has 3 rings (SSSR count). The van der Waals surface area contributed by atoms with E-state index in [-0.39, 0.29) is 0 Å². The lowest BCUT2D eigenvalue weighted by Gasteiger charge is -2.17. The normalized spacial score (nSPS) is 12.5. The maximum absolute atomic E-state index is 11.8. The molecule has 0 fully saturated rings. The molecule has 0 radical (unpaired) electrons. The predicted molar refractivity (Wildman–Crippen MR) is 96.3 cm³/mol. The van der Waals surface area contributed by atoms with Gasteiger partial charge in [0.25, 0.3) is 0 Å². The molecule has 124 valence electrons. The first-order valence-electron chi connectivity index (χ1n) is 8.21. The molecule has 1 atom stereocenters. The van der Waals surface area contributed by atoms with Crippen molar-refractivity contribution in [1.82, 2.24) is 9.55 Å². The number of fused-ring (bicyclic) bond motifs is 1. The van der Waals surface area contributed by atoms with E-state index in [4.69, 9.17) is 4.98 Å². The molecule has 0 aliphatic heterocycles. The number of hydrogen-bond acceptors (Lipinski definition) is 2. The molecule has 0 aliphatic rings. The van der Waals surface area contributed by atoms with E-state index < -0.39 is 12.0 Å². The van der Waals surface area contributed by atoms with E-state index in [2.05, 4.69) is 6.92 Å². The number of carboxylic acid groups (broad SMARTS) is 1. The monoisotopic (exact) mass is 322 g/mol. The zero-order valence-corrected chi connectivity index (χ0v) is 14.5. The lowest BCUT2D eigenvalue weighted by atomic mass is 10.1. The van der Waals surface area contributed by atoms with Crippen LogP contribution in [0.1, 0.15) is 36.1 Å². The minimum atomic E-state index is -0.830. The number of aryl methyl sites for hydroxylation is 3. The van der Waals surface area contributed by atoms with Gasteiger partial charge in [0.2, 0.25) is 0 Å². The Hall–Kier alpha value is -2.62. The Balaban J connectivity index is 2.37. The maximum atomic E-state index is 11.8. The lowest BCUT2D eigenvalue weighted by Crippen LogP contribution is -2.19. The van der Waals surface area contributed by atoms with Gasteiger partial charge in [0, 0.05) is 5.56 Å². The predicted octanol–water partition coefficient (Wildman–Crippen LogP) is 4.66. The number of carbonyl (C=O) groups is 1. The van der Waals surface area contributed by atoms with Crippen LogP contribution in [0.2, 0.25) is 0 Å². The molecule has 24 heavy (non-hydrogen) atoms. The van der Waals surface area contributed by atoms with Crippen molar-refractivity contribution in [3.8, 4) is 11.4 Å². The first-order chi connectivity index (χ1) is 11.4. The first kappa shape index (κ1) is 16.2. The minimum Gasteiger partial charge on any atom is -0.480 e. The average Bonchev–Trinajstić information content (AvgIpc) is 2.87. The van der Waals surface area contributed by atoms with Gasteiger partial charge in [-0.25, -0.2) is 9.78 Å². The Labute approximate surface area is 141 Å². The van der Waals surface area contributed by atoms with Crippen LogP contribution in [0.5, 0.6) is 0 Å². The van der Waals surface area contributed by atoms with Gasteiger partial charge >= 0.3 is 5.97 Å². The largest absolute Gasteiger partial charge is 0.480 e. The third kappa shape index (κ3) is 2.68. The van der Waals surface area contributed by atoms with Crippen LogP contribution in [0, 0.1) is 20.8 Å². The van der Waals surface area contributed by atoms with Gasteiger partial charge in [0.05, 0.1) is 11.0 Å². The molecular weight excluding hydrogens is 300 g/mol. The van der Waals surface area contributed by atoms with E-state index in [0.717, 1.165) is 33.3 Å². The number of rotatable bonds is 4. The summed E-state index contributed by atoms with van der Waals surface area (Å²) in [5.74, 6) is -0.114. The fraction of sp³-hybridized carbons (Fsp3) is 0.300. The minimum absolute atomic E-state index is 0.506. The van der Waals surface area contributed by atoms with Gasteiger partial charge in [-0.1, -0.05) is 30.7 Å². The molecule has 1 N–H and O–H groups in total. The van der Waals surface area contributed by atoms with Gasteiger partial charge in [-0.2, -0.15) is 0 Å². The van der Waals surface area contributed by atoms with Crippen LogP contribution in [0.15, 0.2) is 36.4 Å². The maximum Gasteiger partial charge on any atom is 0.326 e. The quantitative estimate of drug-likeness (QED) is 0.760. The number of aromatic nitrogens is 2. The van der Waals surface area contributed by atoms with E-state index in [9.17, 15) is 9.90 Å². The van der Waals surface area contributed by atoms with Crippen LogP contribution in [-0.2, 0) is 4.79 Å². The second-order valence-electron chi connectivity index (χ2n) is 6.36. The van der Waals surface area contributed by atoms with Crippen molar-refractivity contribution in [3.63, 3.8) is 0 Å². The Bertz CT molecular complexity index is 925. The Morgan fingerprint density at radius 3 is 2.50 bits per heavy atom. The van der Waals surface area contributed by atoms with Crippen LogP contribution >= 0.6 is 0 Å². The van der Waals surface area contributed by atoms with Gasteiger partial charge in [-0.15, -0.1) is 0 Å². The highest BCUT2D eigenvalue weighted by molar-refractivity contribution is 5.85. The van der Waals surface area contributed by atoms with Crippen molar-refractivity contribution in [2.45, 2.75) is 40.2 Å². The molecular formula is C20H22N2O2. The zero-order valence-electron chi connectivity index (χ0n) is 14.5. The van der Waals surface area contributed by atoms with Gasteiger partial charge in [-0.3, -0.25) is 0 Å². The number of benzene rings is 2. The van der Waals surface area contributed by atoms with Gasteiger partial charge in [0.1, 0.15) is 11.9 Å². The number of aliphatic carboxylic acids is 1. The van der Waals surface area contributed by atoms with E-state index in [1.165, 1.54) is 0 Å². The summed E-state index contributed by atoms with van der Waals surface area (Å²) < 4.78 is 1.87. The zero-order chi connectivity index (χ0) is 17.4. The van der Waals surface area contributed by atoms with Crippen LogP contribution in [0.25, 0.3) is 22.4 Å². The topological polar surface area (TPSA) is 55.1 Å². The number of imidazole rings is 1. The second kappa shape index (κ2) is 6.11. The molecule has 4 heteroatoms. The SMILES string of the molecule is CCC(C(=O)O)n1c(-c2cccc(C)c2)nc2cc(C)c(C)cc21. The van der Waals surface area contributed by atoms with Crippen LogP contribution in [0.4, 0.5) is 0 Å². The third-order valence-corrected chi connectivity index (χ3v) is 4.56. The number of carboxylic acids is 1. The van der Waals surface area contributed by atoms with Crippen molar-refractivity contribution in [2.24, 2.45) is 0 Å². The summed E-state index contributed by atoms with van der Waals surface area (Å²) in [6.45, 7) is 8.01. The van der Waals surface area contributed by atoms with Gasteiger partial charge in [-0.05, 0) is 56.5 Å². The lowest BCUT2D eigenvalue weighted by molar-refractivity contribution is -0.140. The van der Waals surface area contributed by atoms with E-state index >= 15 is 0 Å². The van der Waals surface area contributed by atoms with Gasteiger partial charge in [0.15, 0.2) is 0 Å². The highest BCUT2D eigenvalue weighted by Gasteiger charge is 2.24. The molecule has 0 spiro atoms. The van der Waals surface area contributed by atoms with Crippen molar-refractivity contribution < 1.29 is 9.90 Å². The van der Waals surface area contributed by atoms with Crippen molar-refractivity contribution in [2.75, 3.05) is 0 Å². The van der Waals surface area contributed by atoms with Crippen molar-refractivity contribution >= 4 is 17.0 Å². The summed E-state index contributed by atoms with van der Waals surface area (Å²) in [4.78, 5) is 16.6. The van der Waals surface area contributed by atoms with Crippen LogP contribution in [0.3, 0.4) is 0 Å². The molecule has 2 aromatic carbocycles.